The van der Waals surface area contributed by atoms with Gasteiger partial charge in [0.1, 0.15) is 0 Å². The standard InChI is InChI=1S/C18H12Br2N4O2S/c19-13-7-9-14(10-8-13)24-18(21-22-23-24)27-12-4-3-11-26-17(25)15-5-1-2-6-16(15)20/h1-2,5-10H,11-12H2. The molecule has 0 spiro atoms. The van der Waals surface area contributed by atoms with Crippen molar-refractivity contribution >= 4 is 49.6 Å². The van der Waals surface area contributed by atoms with Gasteiger partial charge in [-0.2, -0.15) is 4.68 Å². The molecular formula is C18H12Br2N4O2S. The van der Waals surface area contributed by atoms with Gasteiger partial charge in [-0.05, 0) is 62.8 Å². The third-order valence-corrected chi connectivity index (χ3v) is 5.30. The van der Waals surface area contributed by atoms with E-state index in [0.717, 1.165) is 10.2 Å². The van der Waals surface area contributed by atoms with Gasteiger partial charge in [0, 0.05) is 8.95 Å². The molecule has 1 aromatic heterocycles. The van der Waals surface area contributed by atoms with E-state index >= 15 is 0 Å². The number of carbonyl (C=O) groups excluding carboxylic acids is 1. The van der Waals surface area contributed by atoms with Crippen LogP contribution in [0.4, 0.5) is 0 Å². The fourth-order valence-electron chi connectivity index (χ4n) is 2.02. The van der Waals surface area contributed by atoms with Crippen molar-refractivity contribution in [2.24, 2.45) is 0 Å². The maximum absolute atomic E-state index is 12.0. The molecule has 0 unspecified atom stereocenters. The maximum Gasteiger partial charge on any atom is 0.340 e. The van der Waals surface area contributed by atoms with E-state index in [9.17, 15) is 4.79 Å². The van der Waals surface area contributed by atoms with Crippen molar-refractivity contribution in [3.8, 4) is 17.5 Å². The van der Waals surface area contributed by atoms with E-state index in [2.05, 4.69) is 59.2 Å². The molecule has 9 heteroatoms. The number of halogens is 2. The molecule has 0 fully saturated rings. The van der Waals surface area contributed by atoms with Crippen molar-refractivity contribution in [2.75, 3.05) is 12.4 Å². The Morgan fingerprint density at radius 2 is 1.89 bits per heavy atom. The summed E-state index contributed by atoms with van der Waals surface area (Å²) in [5, 5.41) is 12.3. The molecule has 0 N–H and O–H groups in total. The Bertz CT molecular complexity index is 996. The van der Waals surface area contributed by atoms with Crippen LogP contribution in [-0.2, 0) is 4.74 Å². The van der Waals surface area contributed by atoms with Crippen LogP contribution in [0.5, 0.6) is 0 Å². The van der Waals surface area contributed by atoms with Gasteiger partial charge < -0.3 is 4.74 Å². The number of esters is 1. The molecule has 0 aliphatic rings. The lowest BCUT2D eigenvalue weighted by molar-refractivity contribution is 0.0555. The Kier molecular flexibility index (Phi) is 7.04. The van der Waals surface area contributed by atoms with E-state index in [1.807, 2.05) is 30.3 Å². The van der Waals surface area contributed by atoms with Crippen LogP contribution < -0.4 is 0 Å². The summed E-state index contributed by atoms with van der Waals surface area (Å²) in [7, 11) is 0. The maximum atomic E-state index is 12.0. The van der Waals surface area contributed by atoms with E-state index < -0.39 is 5.97 Å². The van der Waals surface area contributed by atoms with Gasteiger partial charge in [0.25, 0.3) is 0 Å². The van der Waals surface area contributed by atoms with Gasteiger partial charge in [-0.3, -0.25) is 0 Å². The van der Waals surface area contributed by atoms with Gasteiger partial charge in [0.05, 0.1) is 17.0 Å². The van der Waals surface area contributed by atoms with E-state index in [-0.39, 0.29) is 6.61 Å². The molecule has 3 aromatic rings. The highest BCUT2D eigenvalue weighted by atomic mass is 79.9. The molecule has 0 saturated heterocycles. The Labute approximate surface area is 176 Å². The number of hydrogen-bond acceptors (Lipinski definition) is 6. The van der Waals surface area contributed by atoms with Crippen molar-refractivity contribution in [1.82, 2.24) is 20.2 Å². The van der Waals surface area contributed by atoms with Crippen LogP contribution in [0.1, 0.15) is 10.4 Å². The molecule has 0 radical (unpaired) electrons. The minimum absolute atomic E-state index is 0.0262. The van der Waals surface area contributed by atoms with Crippen molar-refractivity contribution in [1.29, 1.82) is 0 Å². The molecule has 0 saturated carbocycles. The van der Waals surface area contributed by atoms with Crippen LogP contribution in [0.15, 0.2) is 62.6 Å². The average Bonchev–Trinajstić information content (AvgIpc) is 3.14. The lowest BCUT2D eigenvalue weighted by Gasteiger charge is -2.03. The summed E-state index contributed by atoms with van der Waals surface area (Å²) in [5.41, 5.74) is 1.34. The molecule has 0 bridgehead atoms. The summed E-state index contributed by atoms with van der Waals surface area (Å²) in [6, 6.07) is 14.8. The zero-order valence-electron chi connectivity index (χ0n) is 13.8. The van der Waals surface area contributed by atoms with E-state index in [1.54, 1.807) is 22.9 Å². The first-order valence-electron chi connectivity index (χ1n) is 7.69. The molecule has 0 aliphatic carbocycles. The highest BCUT2D eigenvalue weighted by Gasteiger charge is 2.10. The normalized spacial score (nSPS) is 10.1. The number of carbonyl (C=O) groups is 1. The number of ether oxygens (including phenoxy) is 1. The summed E-state index contributed by atoms with van der Waals surface area (Å²) in [6.07, 6.45) is 0. The number of thioether (sulfide) groups is 1. The summed E-state index contributed by atoms with van der Waals surface area (Å²) in [6.45, 7) is 0.0262. The minimum atomic E-state index is -0.413. The number of hydrogen-bond donors (Lipinski definition) is 0. The molecule has 1 heterocycles. The monoisotopic (exact) mass is 506 g/mol. The molecule has 136 valence electrons. The van der Waals surface area contributed by atoms with Crippen LogP contribution in [0, 0.1) is 11.8 Å². The average molecular weight is 508 g/mol. The molecule has 0 atom stereocenters. The van der Waals surface area contributed by atoms with Crippen LogP contribution in [0.25, 0.3) is 5.69 Å². The highest BCUT2D eigenvalue weighted by Crippen LogP contribution is 2.19. The minimum Gasteiger partial charge on any atom is -0.449 e. The second-order valence-corrected chi connectivity index (χ2v) is 7.76. The third-order valence-electron chi connectivity index (χ3n) is 3.28. The van der Waals surface area contributed by atoms with Gasteiger partial charge in [-0.15, -0.1) is 5.10 Å². The smallest absolute Gasteiger partial charge is 0.340 e. The molecule has 2 aromatic carbocycles. The number of nitrogens with zero attached hydrogens (tertiary/aromatic N) is 4. The summed E-state index contributed by atoms with van der Waals surface area (Å²) >= 11 is 8.12. The topological polar surface area (TPSA) is 69.9 Å². The van der Waals surface area contributed by atoms with Crippen LogP contribution >= 0.6 is 43.6 Å². The van der Waals surface area contributed by atoms with E-state index in [4.69, 9.17) is 4.74 Å². The lowest BCUT2D eigenvalue weighted by atomic mass is 10.2. The highest BCUT2D eigenvalue weighted by molar-refractivity contribution is 9.10. The molecule has 0 aliphatic heterocycles. The van der Waals surface area contributed by atoms with Crippen LogP contribution in [0.2, 0.25) is 0 Å². The second kappa shape index (κ2) is 9.69. The van der Waals surface area contributed by atoms with Gasteiger partial charge in [-0.1, -0.05) is 51.7 Å². The van der Waals surface area contributed by atoms with Gasteiger partial charge in [-0.25, -0.2) is 4.79 Å². The van der Waals surface area contributed by atoms with Crippen molar-refractivity contribution in [2.45, 2.75) is 5.16 Å². The van der Waals surface area contributed by atoms with Crippen LogP contribution in [-0.4, -0.2) is 38.5 Å². The fraction of sp³-hybridized carbons (Fsp3) is 0.111. The Balaban J connectivity index is 1.50. The number of benzene rings is 2. The van der Waals surface area contributed by atoms with Gasteiger partial charge in [0.2, 0.25) is 5.16 Å². The first-order valence-corrected chi connectivity index (χ1v) is 10.3. The molecular weight excluding hydrogens is 496 g/mol. The molecule has 27 heavy (non-hydrogen) atoms. The summed E-state index contributed by atoms with van der Waals surface area (Å²) in [5.74, 6) is 5.82. The predicted octanol–water partition coefficient (Wildman–Crippen LogP) is 4.14. The molecule has 6 nitrogen and oxygen atoms in total. The largest absolute Gasteiger partial charge is 0.449 e. The van der Waals surface area contributed by atoms with Gasteiger partial charge in [0.15, 0.2) is 6.61 Å². The molecule has 3 rings (SSSR count). The van der Waals surface area contributed by atoms with Crippen molar-refractivity contribution in [3.63, 3.8) is 0 Å². The number of aromatic nitrogens is 4. The fourth-order valence-corrected chi connectivity index (χ4v) is 3.39. The third kappa shape index (κ3) is 5.42. The predicted molar refractivity (Wildman–Crippen MR) is 110 cm³/mol. The van der Waals surface area contributed by atoms with E-state index in [1.165, 1.54) is 11.8 Å². The summed E-state index contributed by atoms with van der Waals surface area (Å²) < 4.78 is 8.47. The zero-order chi connectivity index (χ0) is 19.1. The lowest BCUT2D eigenvalue weighted by Crippen LogP contribution is -2.06. The van der Waals surface area contributed by atoms with E-state index in [0.29, 0.717) is 20.9 Å². The molecule has 0 amide bonds. The van der Waals surface area contributed by atoms with Crippen molar-refractivity contribution < 1.29 is 9.53 Å². The van der Waals surface area contributed by atoms with Crippen LogP contribution in [0.3, 0.4) is 0 Å². The van der Waals surface area contributed by atoms with Crippen molar-refractivity contribution in [3.05, 3.63) is 63.0 Å². The Morgan fingerprint density at radius 1 is 1.11 bits per heavy atom. The summed E-state index contributed by atoms with van der Waals surface area (Å²) in [4.78, 5) is 12.0. The quantitative estimate of drug-likeness (QED) is 0.293. The second-order valence-electron chi connectivity index (χ2n) is 5.05. The Morgan fingerprint density at radius 3 is 2.67 bits per heavy atom. The SMILES string of the molecule is O=C(OCC#CCSc1nnnn1-c1ccc(Br)cc1)c1ccccc1Br. The first-order chi connectivity index (χ1) is 13.1. The number of rotatable bonds is 5. The first kappa shape index (κ1) is 19.6. The Hall–Kier alpha value is -2.15. The number of tetrazole rings is 1. The zero-order valence-corrected chi connectivity index (χ0v) is 17.8. The van der Waals surface area contributed by atoms with Gasteiger partial charge >= 0.3 is 5.97 Å².